The van der Waals surface area contributed by atoms with Gasteiger partial charge in [-0.2, -0.15) is 0 Å². The predicted octanol–water partition coefficient (Wildman–Crippen LogP) is 1.72. The lowest BCUT2D eigenvalue weighted by Crippen LogP contribution is -2.28. The minimum absolute atomic E-state index is 0.337. The zero-order valence-corrected chi connectivity index (χ0v) is 11.1. The number of nitrogens with one attached hydrogen (secondary N) is 1. The monoisotopic (exact) mass is 260 g/mol. The number of ether oxygens (including phenoxy) is 2. The van der Waals surface area contributed by atoms with Gasteiger partial charge in [0, 0.05) is 19.6 Å². The van der Waals surface area contributed by atoms with Gasteiger partial charge in [-0.1, -0.05) is 18.2 Å². The van der Waals surface area contributed by atoms with Crippen molar-refractivity contribution in [2.75, 3.05) is 39.5 Å². The number of rotatable bonds is 3. The first-order chi connectivity index (χ1) is 9.42. The molecule has 4 nitrogen and oxygen atoms in total. The predicted molar refractivity (Wildman–Crippen MR) is 75.5 cm³/mol. The molecular formula is C15H20N2O2. The van der Waals surface area contributed by atoms with Crippen molar-refractivity contribution in [3.63, 3.8) is 0 Å². The van der Waals surface area contributed by atoms with Crippen LogP contribution in [0.1, 0.15) is 12.0 Å². The van der Waals surface area contributed by atoms with Gasteiger partial charge in [-0.25, -0.2) is 0 Å². The number of nitrogens with zero attached hydrogens (tertiary/aromatic N) is 1. The van der Waals surface area contributed by atoms with E-state index >= 15 is 0 Å². The molecule has 1 saturated heterocycles. The maximum absolute atomic E-state index is 5.38. The SMILES string of the molecule is C(=C\c1ccc2c(c1)OCO2)/CN1CCCNCC1. The Morgan fingerprint density at radius 3 is 3.11 bits per heavy atom. The smallest absolute Gasteiger partial charge is 0.231 e. The molecule has 0 spiro atoms. The van der Waals surface area contributed by atoms with Crippen LogP contribution in [-0.4, -0.2) is 44.4 Å². The van der Waals surface area contributed by atoms with E-state index in [1.807, 2.05) is 12.1 Å². The summed E-state index contributed by atoms with van der Waals surface area (Å²) in [5.41, 5.74) is 1.16. The number of hydrogen-bond donors (Lipinski definition) is 1. The highest BCUT2D eigenvalue weighted by Gasteiger charge is 2.12. The van der Waals surface area contributed by atoms with Crippen LogP contribution < -0.4 is 14.8 Å². The van der Waals surface area contributed by atoms with Crippen LogP contribution in [0.3, 0.4) is 0 Å². The Hall–Kier alpha value is -1.52. The molecule has 0 amide bonds. The van der Waals surface area contributed by atoms with Crippen LogP contribution in [0.25, 0.3) is 6.08 Å². The van der Waals surface area contributed by atoms with Crippen LogP contribution in [0.4, 0.5) is 0 Å². The minimum atomic E-state index is 0.337. The molecule has 0 radical (unpaired) electrons. The topological polar surface area (TPSA) is 33.7 Å². The van der Waals surface area contributed by atoms with E-state index in [9.17, 15) is 0 Å². The summed E-state index contributed by atoms with van der Waals surface area (Å²) in [6, 6.07) is 6.06. The van der Waals surface area contributed by atoms with Crippen molar-refractivity contribution in [3.8, 4) is 11.5 Å². The van der Waals surface area contributed by atoms with E-state index in [4.69, 9.17) is 9.47 Å². The molecule has 2 aliphatic heterocycles. The highest BCUT2D eigenvalue weighted by atomic mass is 16.7. The molecule has 1 aromatic carbocycles. The lowest BCUT2D eigenvalue weighted by Gasteiger charge is -2.16. The molecule has 4 heteroatoms. The maximum atomic E-state index is 5.38. The third-order valence-corrected chi connectivity index (χ3v) is 3.50. The van der Waals surface area contributed by atoms with Gasteiger partial charge in [-0.15, -0.1) is 0 Å². The van der Waals surface area contributed by atoms with E-state index in [1.165, 1.54) is 13.0 Å². The van der Waals surface area contributed by atoms with Crippen molar-refractivity contribution in [2.24, 2.45) is 0 Å². The van der Waals surface area contributed by atoms with Gasteiger partial charge in [0.15, 0.2) is 11.5 Å². The molecule has 19 heavy (non-hydrogen) atoms. The van der Waals surface area contributed by atoms with E-state index in [0.717, 1.165) is 43.2 Å². The van der Waals surface area contributed by atoms with Crippen molar-refractivity contribution < 1.29 is 9.47 Å². The summed E-state index contributed by atoms with van der Waals surface area (Å²) >= 11 is 0. The molecule has 0 saturated carbocycles. The van der Waals surface area contributed by atoms with E-state index in [-0.39, 0.29) is 0 Å². The Labute approximate surface area is 114 Å². The number of benzene rings is 1. The second-order valence-electron chi connectivity index (χ2n) is 4.92. The second-order valence-corrected chi connectivity index (χ2v) is 4.92. The van der Waals surface area contributed by atoms with Gasteiger partial charge in [0.2, 0.25) is 6.79 Å². The molecule has 2 aliphatic rings. The summed E-state index contributed by atoms with van der Waals surface area (Å²) in [4.78, 5) is 2.48. The Balaban J connectivity index is 1.56. The van der Waals surface area contributed by atoms with Gasteiger partial charge in [-0.3, -0.25) is 4.90 Å². The van der Waals surface area contributed by atoms with Crippen molar-refractivity contribution >= 4 is 6.08 Å². The molecule has 0 atom stereocenters. The first-order valence-electron chi connectivity index (χ1n) is 6.91. The Morgan fingerprint density at radius 1 is 1.16 bits per heavy atom. The fraction of sp³-hybridized carbons (Fsp3) is 0.467. The van der Waals surface area contributed by atoms with Crippen molar-refractivity contribution in [1.82, 2.24) is 10.2 Å². The highest BCUT2D eigenvalue weighted by Crippen LogP contribution is 2.32. The normalized spacial score (nSPS) is 19.8. The standard InChI is InChI=1S/C15H20N2O2/c1(8-17-9-2-6-16-7-10-17)3-13-4-5-14-15(11-13)19-12-18-14/h1,3-5,11,16H,2,6-10,12H2/b3-1+. The van der Waals surface area contributed by atoms with Crippen LogP contribution in [-0.2, 0) is 0 Å². The summed E-state index contributed by atoms with van der Waals surface area (Å²) in [5.74, 6) is 1.69. The zero-order valence-electron chi connectivity index (χ0n) is 11.1. The molecule has 1 fully saturated rings. The van der Waals surface area contributed by atoms with Gasteiger partial charge in [0.25, 0.3) is 0 Å². The highest BCUT2D eigenvalue weighted by molar-refractivity contribution is 5.56. The maximum Gasteiger partial charge on any atom is 0.231 e. The lowest BCUT2D eigenvalue weighted by atomic mass is 10.2. The van der Waals surface area contributed by atoms with Crippen molar-refractivity contribution in [2.45, 2.75) is 6.42 Å². The average Bonchev–Trinajstić information content (AvgIpc) is 2.74. The average molecular weight is 260 g/mol. The first-order valence-corrected chi connectivity index (χ1v) is 6.91. The number of fused-ring (bicyclic) bond motifs is 1. The van der Waals surface area contributed by atoms with Gasteiger partial charge >= 0.3 is 0 Å². The Kier molecular flexibility index (Phi) is 4.01. The summed E-state index contributed by atoms with van der Waals surface area (Å²) in [6.45, 7) is 5.89. The third-order valence-electron chi connectivity index (χ3n) is 3.50. The molecule has 1 N–H and O–H groups in total. The Morgan fingerprint density at radius 2 is 2.11 bits per heavy atom. The van der Waals surface area contributed by atoms with Crippen LogP contribution >= 0.6 is 0 Å². The summed E-state index contributed by atoms with van der Waals surface area (Å²) in [5, 5.41) is 3.42. The summed E-state index contributed by atoms with van der Waals surface area (Å²) in [7, 11) is 0. The van der Waals surface area contributed by atoms with Crippen molar-refractivity contribution in [3.05, 3.63) is 29.8 Å². The fourth-order valence-corrected chi connectivity index (χ4v) is 2.44. The van der Waals surface area contributed by atoms with Crippen molar-refractivity contribution in [1.29, 1.82) is 0 Å². The van der Waals surface area contributed by atoms with Gasteiger partial charge < -0.3 is 14.8 Å². The van der Waals surface area contributed by atoms with E-state index in [1.54, 1.807) is 0 Å². The summed E-state index contributed by atoms with van der Waals surface area (Å²) < 4.78 is 10.7. The van der Waals surface area contributed by atoms with Crippen LogP contribution in [0.5, 0.6) is 11.5 Å². The quantitative estimate of drug-likeness (QED) is 0.897. The minimum Gasteiger partial charge on any atom is -0.454 e. The largest absolute Gasteiger partial charge is 0.454 e. The zero-order chi connectivity index (χ0) is 12.9. The molecule has 0 aromatic heterocycles. The lowest BCUT2D eigenvalue weighted by molar-refractivity contribution is 0.174. The molecule has 3 rings (SSSR count). The molecule has 1 aromatic rings. The van der Waals surface area contributed by atoms with Crippen LogP contribution in [0.2, 0.25) is 0 Å². The second kappa shape index (κ2) is 6.08. The van der Waals surface area contributed by atoms with E-state index < -0.39 is 0 Å². The van der Waals surface area contributed by atoms with Crippen LogP contribution in [0, 0.1) is 0 Å². The van der Waals surface area contributed by atoms with E-state index in [2.05, 4.69) is 28.4 Å². The Bertz CT molecular complexity index is 451. The molecule has 102 valence electrons. The number of hydrogen-bond acceptors (Lipinski definition) is 4. The van der Waals surface area contributed by atoms with Gasteiger partial charge in [0.05, 0.1) is 0 Å². The van der Waals surface area contributed by atoms with E-state index in [0.29, 0.717) is 6.79 Å². The molecule has 2 heterocycles. The first kappa shape index (κ1) is 12.5. The van der Waals surface area contributed by atoms with Gasteiger partial charge in [-0.05, 0) is 37.2 Å². The molecule has 0 unspecified atom stereocenters. The fourth-order valence-electron chi connectivity index (χ4n) is 2.44. The molecule has 0 bridgehead atoms. The van der Waals surface area contributed by atoms with Gasteiger partial charge in [0.1, 0.15) is 0 Å². The summed E-state index contributed by atoms with van der Waals surface area (Å²) in [6.07, 6.45) is 5.61. The van der Waals surface area contributed by atoms with Crippen LogP contribution in [0.15, 0.2) is 24.3 Å². The third kappa shape index (κ3) is 3.28. The molecular weight excluding hydrogens is 240 g/mol. The molecule has 0 aliphatic carbocycles.